The van der Waals surface area contributed by atoms with Crippen LogP contribution in [0.2, 0.25) is 0 Å². The average Bonchev–Trinajstić information content (AvgIpc) is 2.71. The third-order valence-electron chi connectivity index (χ3n) is 2.92. The third-order valence-corrected chi connectivity index (χ3v) is 2.92. The molecule has 0 bridgehead atoms. The second-order valence-electron chi connectivity index (χ2n) is 4.10. The summed E-state index contributed by atoms with van der Waals surface area (Å²) < 4.78 is 13.5. The summed E-state index contributed by atoms with van der Waals surface area (Å²) in [7, 11) is 0. The van der Waals surface area contributed by atoms with Crippen LogP contribution in [0.4, 0.5) is 4.39 Å². The van der Waals surface area contributed by atoms with Crippen molar-refractivity contribution in [1.29, 1.82) is 0 Å². The van der Waals surface area contributed by atoms with Gasteiger partial charge in [-0.05, 0) is 26.0 Å². The zero-order valence-electron chi connectivity index (χ0n) is 8.96. The van der Waals surface area contributed by atoms with Crippen LogP contribution in [-0.2, 0) is 0 Å². The Kier molecular flexibility index (Phi) is 3.34. The molecule has 1 aromatic carbocycles. The van der Waals surface area contributed by atoms with Crippen molar-refractivity contribution in [3.05, 3.63) is 35.6 Å². The summed E-state index contributed by atoms with van der Waals surface area (Å²) in [4.78, 5) is 0. The first-order valence-corrected chi connectivity index (χ1v) is 5.48. The number of benzene rings is 1. The highest BCUT2D eigenvalue weighted by atomic mass is 19.1. The van der Waals surface area contributed by atoms with E-state index in [0.29, 0.717) is 6.04 Å². The van der Waals surface area contributed by atoms with Gasteiger partial charge in [-0.15, -0.1) is 0 Å². The minimum absolute atomic E-state index is 0.0797. The minimum Gasteiger partial charge on any atom is -0.315 e. The normalized spacial score (nSPS) is 22.9. The number of nitrogens with one attached hydrogen (secondary N) is 2. The highest BCUT2D eigenvalue weighted by Gasteiger charge is 2.18. The lowest BCUT2D eigenvalue weighted by Gasteiger charge is -2.19. The highest BCUT2D eigenvalue weighted by molar-refractivity contribution is 5.20. The molecule has 1 saturated heterocycles. The molecule has 2 rings (SSSR count). The van der Waals surface area contributed by atoms with E-state index in [1.54, 1.807) is 6.07 Å². The van der Waals surface area contributed by atoms with Crippen molar-refractivity contribution >= 4 is 0 Å². The van der Waals surface area contributed by atoms with Crippen molar-refractivity contribution in [1.82, 2.24) is 10.6 Å². The Balaban J connectivity index is 2.00. The summed E-state index contributed by atoms with van der Waals surface area (Å²) in [5.41, 5.74) is 0.754. The summed E-state index contributed by atoms with van der Waals surface area (Å²) in [5, 5.41) is 6.72. The Morgan fingerprint density at radius 2 is 2.27 bits per heavy atom. The summed E-state index contributed by atoms with van der Waals surface area (Å²) in [6, 6.07) is 7.51. The Morgan fingerprint density at radius 1 is 1.47 bits per heavy atom. The molecular formula is C12H17FN2. The Hall–Kier alpha value is -0.930. The molecule has 1 fully saturated rings. The van der Waals surface area contributed by atoms with Crippen LogP contribution in [-0.4, -0.2) is 19.1 Å². The topological polar surface area (TPSA) is 24.1 Å². The smallest absolute Gasteiger partial charge is 0.127 e. The van der Waals surface area contributed by atoms with Crippen LogP contribution in [0.15, 0.2) is 24.3 Å². The predicted molar refractivity (Wildman–Crippen MR) is 59.2 cm³/mol. The van der Waals surface area contributed by atoms with E-state index in [-0.39, 0.29) is 11.9 Å². The fraction of sp³-hybridized carbons (Fsp3) is 0.500. The number of hydrogen-bond acceptors (Lipinski definition) is 2. The van der Waals surface area contributed by atoms with Gasteiger partial charge in [0.1, 0.15) is 5.82 Å². The molecule has 1 heterocycles. The van der Waals surface area contributed by atoms with Crippen molar-refractivity contribution < 1.29 is 4.39 Å². The van der Waals surface area contributed by atoms with Gasteiger partial charge in [0, 0.05) is 24.2 Å². The van der Waals surface area contributed by atoms with Crippen molar-refractivity contribution in [2.75, 3.05) is 13.1 Å². The molecule has 0 spiro atoms. The van der Waals surface area contributed by atoms with Gasteiger partial charge in [0.05, 0.1) is 0 Å². The molecule has 0 radical (unpaired) electrons. The summed E-state index contributed by atoms with van der Waals surface area (Å²) >= 11 is 0. The summed E-state index contributed by atoms with van der Waals surface area (Å²) in [6.07, 6.45) is 1.12. The SMILES string of the molecule is C[C@@H](NC1CCNC1)c1ccccc1F. The number of rotatable bonds is 3. The predicted octanol–water partition coefficient (Wildman–Crippen LogP) is 1.84. The van der Waals surface area contributed by atoms with Crippen LogP contribution in [0.1, 0.15) is 24.9 Å². The molecular weight excluding hydrogens is 191 g/mol. The molecule has 1 aromatic rings. The molecule has 1 aliphatic heterocycles. The van der Waals surface area contributed by atoms with E-state index in [1.807, 2.05) is 19.1 Å². The van der Waals surface area contributed by atoms with Crippen LogP contribution < -0.4 is 10.6 Å². The monoisotopic (exact) mass is 208 g/mol. The molecule has 0 saturated carbocycles. The molecule has 0 amide bonds. The fourth-order valence-electron chi connectivity index (χ4n) is 2.07. The molecule has 2 atom stereocenters. The van der Waals surface area contributed by atoms with Gasteiger partial charge in [-0.3, -0.25) is 0 Å². The van der Waals surface area contributed by atoms with Crippen molar-refractivity contribution in [2.24, 2.45) is 0 Å². The molecule has 0 aliphatic carbocycles. The molecule has 15 heavy (non-hydrogen) atoms. The van der Waals surface area contributed by atoms with Crippen LogP contribution in [0.5, 0.6) is 0 Å². The Morgan fingerprint density at radius 3 is 2.93 bits per heavy atom. The summed E-state index contributed by atoms with van der Waals surface area (Å²) in [5.74, 6) is -0.122. The van der Waals surface area contributed by atoms with Crippen LogP contribution in [0, 0.1) is 5.82 Å². The molecule has 3 heteroatoms. The van der Waals surface area contributed by atoms with Crippen molar-refractivity contribution in [2.45, 2.75) is 25.4 Å². The molecule has 0 aromatic heterocycles. The van der Waals surface area contributed by atoms with Gasteiger partial charge in [0.2, 0.25) is 0 Å². The van der Waals surface area contributed by atoms with E-state index in [2.05, 4.69) is 10.6 Å². The quantitative estimate of drug-likeness (QED) is 0.792. The van der Waals surface area contributed by atoms with Gasteiger partial charge in [0.15, 0.2) is 0 Å². The molecule has 2 nitrogen and oxygen atoms in total. The van der Waals surface area contributed by atoms with Crippen LogP contribution in [0.3, 0.4) is 0 Å². The maximum absolute atomic E-state index is 13.5. The second kappa shape index (κ2) is 4.73. The lowest BCUT2D eigenvalue weighted by Crippen LogP contribution is -2.33. The first-order chi connectivity index (χ1) is 7.27. The minimum atomic E-state index is -0.122. The molecule has 82 valence electrons. The van der Waals surface area contributed by atoms with E-state index in [1.165, 1.54) is 6.07 Å². The maximum atomic E-state index is 13.5. The summed E-state index contributed by atoms with van der Waals surface area (Å²) in [6.45, 7) is 4.05. The van der Waals surface area contributed by atoms with E-state index in [9.17, 15) is 4.39 Å². The van der Waals surface area contributed by atoms with Gasteiger partial charge in [-0.25, -0.2) is 4.39 Å². The van der Waals surface area contributed by atoms with Gasteiger partial charge in [-0.1, -0.05) is 18.2 Å². The van der Waals surface area contributed by atoms with Gasteiger partial charge in [0.25, 0.3) is 0 Å². The zero-order valence-corrected chi connectivity index (χ0v) is 8.96. The van der Waals surface area contributed by atoms with Crippen LogP contribution in [0.25, 0.3) is 0 Å². The number of hydrogen-bond donors (Lipinski definition) is 2. The number of halogens is 1. The standard InChI is InChI=1S/C12H17FN2/c1-9(15-10-6-7-14-8-10)11-4-2-3-5-12(11)13/h2-5,9-10,14-15H,6-8H2,1H3/t9-,10?/m1/s1. The van der Waals surface area contributed by atoms with E-state index in [0.717, 1.165) is 25.1 Å². The second-order valence-corrected chi connectivity index (χ2v) is 4.10. The van der Waals surface area contributed by atoms with Gasteiger partial charge in [-0.2, -0.15) is 0 Å². The van der Waals surface area contributed by atoms with Crippen LogP contribution >= 0.6 is 0 Å². The first kappa shape index (κ1) is 10.6. The molecule has 2 N–H and O–H groups in total. The van der Waals surface area contributed by atoms with Crippen molar-refractivity contribution in [3.63, 3.8) is 0 Å². The largest absolute Gasteiger partial charge is 0.315 e. The van der Waals surface area contributed by atoms with Gasteiger partial charge < -0.3 is 10.6 Å². The lowest BCUT2D eigenvalue weighted by molar-refractivity contribution is 0.461. The Labute approximate surface area is 89.9 Å². The molecule has 1 unspecified atom stereocenters. The van der Waals surface area contributed by atoms with E-state index >= 15 is 0 Å². The van der Waals surface area contributed by atoms with E-state index < -0.39 is 0 Å². The third kappa shape index (κ3) is 2.55. The Bertz CT molecular complexity index is 321. The lowest BCUT2D eigenvalue weighted by atomic mass is 10.1. The van der Waals surface area contributed by atoms with E-state index in [4.69, 9.17) is 0 Å². The average molecular weight is 208 g/mol. The maximum Gasteiger partial charge on any atom is 0.127 e. The highest BCUT2D eigenvalue weighted by Crippen LogP contribution is 2.17. The first-order valence-electron chi connectivity index (χ1n) is 5.48. The fourth-order valence-corrected chi connectivity index (χ4v) is 2.07. The van der Waals surface area contributed by atoms with Gasteiger partial charge >= 0.3 is 0 Å². The molecule has 1 aliphatic rings. The van der Waals surface area contributed by atoms with Crippen molar-refractivity contribution in [3.8, 4) is 0 Å². The zero-order chi connectivity index (χ0) is 10.7.